The zero-order valence-electron chi connectivity index (χ0n) is 19.9. The van der Waals surface area contributed by atoms with Crippen LogP contribution in [0.5, 0.6) is 5.75 Å². The van der Waals surface area contributed by atoms with Crippen molar-refractivity contribution in [3.05, 3.63) is 95.1 Å². The van der Waals surface area contributed by atoms with E-state index in [9.17, 15) is 27.6 Å². The molecule has 0 bridgehead atoms. The highest BCUT2D eigenvalue weighted by molar-refractivity contribution is 5.92. The molecule has 0 unspecified atom stereocenters. The molecule has 4 N–H and O–H groups in total. The lowest BCUT2D eigenvalue weighted by molar-refractivity contribution is -0.138. The fraction of sp³-hybridized carbons (Fsp3) is 0.148. The van der Waals surface area contributed by atoms with Crippen molar-refractivity contribution in [3.63, 3.8) is 0 Å². The van der Waals surface area contributed by atoms with Crippen LogP contribution in [0.1, 0.15) is 38.3 Å². The molecule has 0 amide bonds. The van der Waals surface area contributed by atoms with Crippen molar-refractivity contribution in [2.24, 2.45) is 0 Å². The predicted octanol–water partition coefficient (Wildman–Crippen LogP) is 4.89. The van der Waals surface area contributed by atoms with Gasteiger partial charge in [-0.3, -0.25) is 0 Å². The number of esters is 3. The minimum Gasteiger partial charge on any atom is -0.462 e. The summed E-state index contributed by atoms with van der Waals surface area (Å²) in [5.74, 6) is -1.85. The molecule has 0 aliphatic rings. The quantitative estimate of drug-likeness (QED) is 0.132. The molecule has 198 valence electrons. The lowest BCUT2D eigenvalue weighted by Crippen LogP contribution is -2.10. The monoisotopic (exact) mass is 528 g/mol. The van der Waals surface area contributed by atoms with Gasteiger partial charge in [-0.1, -0.05) is 12.1 Å². The Kier molecular flexibility index (Phi) is 9.09. The molecule has 0 heterocycles. The second-order valence-corrected chi connectivity index (χ2v) is 7.91. The zero-order valence-corrected chi connectivity index (χ0v) is 19.9. The molecule has 0 saturated carbocycles. The summed E-state index contributed by atoms with van der Waals surface area (Å²) in [6.45, 7) is 0.0472. The molecule has 0 saturated heterocycles. The van der Waals surface area contributed by atoms with Crippen molar-refractivity contribution in [2.45, 2.75) is 12.6 Å². The third-order valence-corrected chi connectivity index (χ3v) is 4.93. The minimum atomic E-state index is -4.50. The topological polar surface area (TPSA) is 131 Å². The first-order valence-corrected chi connectivity index (χ1v) is 11.2. The highest BCUT2D eigenvalue weighted by Gasteiger charge is 2.30. The van der Waals surface area contributed by atoms with E-state index in [1.807, 2.05) is 0 Å². The predicted molar refractivity (Wildman–Crippen MR) is 133 cm³/mol. The van der Waals surface area contributed by atoms with Gasteiger partial charge in [0.15, 0.2) is 0 Å². The summed E-state index contributed by atoms with van der Waals surface area (Å²) in [6, 6.07) is 14.1. The van der Waals surface area contributed by atoms with E-state index in [2.05, 4.69) is 0 Å². The molecule has 0 aliphatic heterocycles. The number of hydrogen-bond acceptors (Lipinski definition) is 8. The molecule has 3 aromatic rings. The Hall–Kier alpha value is -4.80. The lowest BCUT2D eigenvalue weighted by atomic mass is 10.1. The third-order valence-electron chi connectivity index (χ3n) is 4.93. The van der Waals surface area contributed by atoms with Gasteiger partial charge in [0.05, 0.1) is 29.9 Å². The SMILES string of the molecule is Nc1cc(N)cc(C(=O)OCCCOC(=O)C=Cc2ccc(OC(=O)c3ccc(C(F)(F)F)cc3)cc2)c1. The number of nitrogens with two attached hydrogens (primary N) is 2. The molecule has 38 heavy (non-hydrogen) atoms. The number of ether oxygens (including phenoxy) is 3. The molecule has 0 spiro atoms. The number of hydrogen-bond donors (Lipinski definition) is 2. The van der Waals surface area contributed by atoms with Crippen LogP contribution < -0.4 is 16.2 Å². The van der Waals surface area contributed by atoms with Crippen LogP contribution in [0.4, 0.5) is 24.5 Å². The number of carbonyl (C=O) groups excluding carboxylic acids is 3. The zero-order chi connectivity index (χ0) is 27.7. The number of benzene rings is 3. The summed E-state index contributed by atoms with van der Waals surface area (Å²) in [7, 11) is 0. The van der Waals surface area contributed by atoms with Crippen molar-refractivity contribution in [3.8, 4) is 5.75 Å². The van der Waals surface area contributed by atoms with Crippen molar-refractivity contribution in [1.29, 1.82) is 0 Å². The van der Waals surface area contributed by atoms with Crippen molar-refractivity contribution in [2.75, 3.05) is 24.7 Å². The van der Waals surface area contributed by atoms with E-state index in [-0.39, 0.29) is 36.5 Å². The average Bonchev–Trinajstić information content (AvgIpc) is 2.87. The standard InChI is InChI=1S/C27H23F3N2O6/c28-27(29,30)20-7-5-18(6-8-20)26(35)38-23-9-2-17(3-10-23)4-11-24(33)36-12-1-13-37-25(34)19-14-21(31)16-22(32)15-19/h2-11,14-16H,1,12-13,31-32H2. The molecule has 0 aromatic heterocycles. The number of carbonyl (C=O) groups is 3. The number of rotatable bonds is 9. The fourth-order valence-corrected chi connectivity index (χ4v) is 3.09. The van der Waals surface area contributed by atoms with E-state index in [0.29, 0.717) is 16.9 Å². The van der Waals surface area contributed by atoms with Crippen molar-refractivity contribution in [1.82, 2.24) is 0 Å². The highest BCUT2D eigenvalue weighted by atomic mass is 19.4. The summed E-state index contributed by atoms with van der Waals surface area (Å²) >= 11 is 0. The van der Waals surface area contributed by atoms with Gasteiger partial charge >= 0.3 is 24.1 Å². The molecule has 3 rings (SSSR count). The number of halogens is 3. The van der Waals surface area contributed by atoms with Crippen LogP contribution in [-0.4, -0.2) is 31.1 Å². The van der Waals surface area contributed by atoms with Crippen LogP contribution >= 0.6 is 0 Å². The van der Waals surface area contributed by atoms with Crippen LogP contribution in [0.15, 0.2) is 72.8 Å². The Morgan fingerprint density at radius 2 is 1.37 bits per heavy atom. The Balaban J connectivity index is 1.39. The summed E-state index contributed by atoms with van der Waals surface area (Å²) in [4.78, 5) is 36.0. The molecule has 0 radical (unpaired) electrons. The smallest absolute Gasteiger partial charge is 0.416 e. The fourth-order valence-electron chi connectivity index (χ4n) is 3.09. The first-order chi connectivity index (χ1) is 18.0. The summed E-state index contributed by atoms with van der Waals surface area (Å²) in [5.41, 5.74) is 11.9. The Morgan fingerprint density at radius 3 is 1.97 bits per heavy atom. The van der Waals surface area contributed by atoms with E-state index in [4.69, 9.17) is 25.7 Å². The maximum Gasteiger partial charge on any atom is 0.416 e. The molecule has 0 atom stereocenters. The average molecular weight is 528 g/mol. The van der Waals surface area contributed by atoms with Gasteiger partial charge in [-0.15, -0.1) is 0 Å². The largest absolute Gasteiger partial charge is 0.462 e. The van der Waals surface area contributed by atoms with Gasteiger partial charge in [-0.25, -0.2) is 14.4 Å². The van der Waals surface area contributed by atoms with Crippen molar-refractivity contribution < 1.29 is 41.8 Å². The summed E-state index contributed by atoms with van der Waals surface area (Å²) in [6.07, 6.45) is -1.54. The van der Waals surface area contributed by atoms with Crippen LogP contribution in [0, 0.1) is 0 Å². The van der Waals surface area contributed by atoms with Gasteiger partial charge in [-0.2, -0.15) is 13.2 Å². The number of nitrogen functional groups attached to an aromatic ring is 2. The first kappa shape index (κ1) is 27.8. The highest BCUT2D eigenvalue weighted by Crippen LogP contribution is 2.29. The van der Waals surface area contributed by atoms with E-state index < -0.39 is 29.6 Å². The van der Waals surface area contributed by atoms with Crippen LogP contribution in [0.25, 0.3) is 6.08 Å². The Labute approximate surface area is 215 Å². The second kappa shape index (κ2) is 12.4. The van der Waals surface area contributed by atoms with Gasteiger partial charge in [0.2, 0.25) is 0 Å². The number of alkyl halides is 3. The van der Waals surface area contributed by atoms with E-state index in [0.717, 1.165) is 24.3 Å². The summed E-state index contributed by atoms with van der Waals surface area (Å²) < 4.78 is 53.2. The first-order valence-electron chi connectivity index (χ1n) is 11.2. The normalized spacial score (nSPS) is 11.2. The van der Waals surface area contributed by atoms with Crippen LogP contribution in [0.3, 0.4) is 0 Å². The molecule has 3 aromatic carbocycles. The molecule has 11 heteroatoms. The van der Waals surface area contributed by atoms with E-state index in [1.165, 1.54) is 42.5 Å². The lowest BCUT2D eigenvalue weighted by Gasteiger charge is -2.08. The minimum absolute atomic E-state index is 0.0222. The molecule has 0 aliphatic carbocycles. The van der Waals surface area contributed by atoms with E-state index >= 15 is 0 Å². The third kappa shape index (κ3) is 8.40. The molecule has 0 fully saturated rings. The Bertz CT molecular complexity index is 1300. The second-order valence-electron chi connectivity index (χ2n) is 7.91. The maximum absolute atomic E-state index is 12.6. The van der Waals surface area contributed by atoms with Gasteiger partial charge in [0, 0.05) is 23.9 Å². The van der Waals surface area contributed by atoms with Crippen molar-refractivity contribution >= 4 is 35.4 Å². The van der Waals surface area contributed by atoms with Gasteiger partial charge < -0.3 is 25.7 Å². The number of anilines is 2. The van der Waals surface area contributed by atoms with Gasteiger partial charge in [-0.05, 0) is 66.2 Å². The van der Waals surface area contributed by atoms with Gasteiger partial charge in [0.25, 0.3) is 0 Å². The van der Waals surface area contributed by atoms with Crippen LogP contribution in [0.2, 0.25) is 0 Å². The van der Waals surface area contributed by atoms with E-state index in [1.54, 1.807) is 12.1 Å². The van der Waals surface area contributed by atoms with Crippen LogP contribution in [-0.2, 0) is 20.4 Å². The van der Waals surface area contributed by atoms with Gasteiger partial charge in [0.1, 0.15) is 5.75 Å². The molecule has 8 nitrogen and oxygen atoms in total. The molecular formula is C27H23F3N2O6. The Morgan fingerprint density at radius 1 is 0.763 bits per heavy atom. The molecular weight excluding hydrogens is 505 g/mol. The maximum atomic E-state index is 12.6. The summed E-state index contributed by atoms with van der Waals surface area (Å²) in [5, 5.41) is 0.